The Bertz CT molecular complexity index is 1170. The first kappa shape index (κ1) is 21.1. The van der Waals surface area contributed by atoms with Crippen molar-refractivity contribution in [2.24, 2.45) is 0 Å². The Hall–Kier alpha value is -3.19. The number of benzene rings is 2. The van der Waals surface area contributed by atoms with Crippen molar-refractivity contribution < 1.29 is 23.4 Å². The monoisotopic (exact) mass is 443 g/mol. The Kier molecular flexibility index (Phi) is 6.04. The van der Waals surface area contributed by atoms with Gasteiger partial charge in [0.15, 0.2) is 24.2 Å². The molecule has 0 saturated heterocycles. The van der Waals surface area contributed by atoms with Crippen LogP contribution < -0.4 is 19.8 Å². The van der Waals surface area contributed by atoms with Gasteiger partial charge in [-0.15, -0.1) is 0 Å². The fraction of sp³-hybridized carbons (Fsp3) is 0.304. The van der Waals surface area contributed by atoms with Gasteiger partial charge in [0.1, 0.15) is 17.9 Å². The van der Waals surface area contributed by atoms with Gasteiger partial charge in [0, 0.05) is 24.1 Å². The van der Waals surface area contributed by atoms with Crippen LogP contribution in [0.1, 0.15) is 12.5 Å². The van der Waals surface area contributed by atoms with Crippen LogP contribution in [0.15, 0.2) is 51.7 Å². The van der Waals surface area contributed by atoms with Gasteiger partial charge < -0.3 is 23.5 Å². The van der Waals surface area contributed by atoms with Crippen LogP contribution in [0.4, 0.5) is 0 Å². The number of ether oxygens (including phenoxy) is 3. The fourth-order valence-corrected chi connectivity index (χ4v) is 3.69. The number of carbonyl (C=O) groups is 1. The Morgan fingerprint density at radius 2 is 2.00 bits per heavy atom. The van der Waals surface area contributed by atoms with Crippen LogP contribution in [-0.2, 0) is 4.79 Å². The minimum Gasteiger partial charge on any atom is -0.486 e. The van der Waals surface area contributed by atoms with Crippen LogP contribution in [-0.4, -0.2) is 43.2 Å². The molecule has 1 aliphatic rings. The van der Waals surface area contributed by atoms with E-state index in [-0.39, 0.29) is 24.4 Å². The zero-order valence-electron chi connectivity index (χ0n) is 17.2. The summed E-state index contributed by atoms with van der Waals surface area (Å²) >= 11 is 6.31. The zero-order chi connectivity index (χ0) is 22.0. The van der Waals surface area contributed by atoms with Crippen molar-refractivity contribution in [3.05, 3.63) is 63.5 Å². The molecule has 7 nitrogen and oxygen atoms in total. The van der Waals surface area contributed by atoms with Crippen molar-refractivity contribution in [3.63, 3.8) is 0 Å². The third-order valence-electron chi connectivity index (χ3n) is 5.08. The fourth-order valence-electron chi connectivity index (χ4n) is 3.47. The van der Waals surface area contributed by atoms with Crippen LogP contribution in [0.3, 0.4) is 0 Å². The molecular weight excluding hydrogens is 422 g/mol. The van der Waals surface area contributed by atoms with E-state index in [4.69, 9.17) is 30.2 Å². The van der Waals surface area contributed by atoms with Crippen molar-refractivity contribution >= 4 is 28.5 Å². The Morgan fingerprint density at radius 3 is 2.77 bits per heavy atom. The molecule has 1 aromatic heterocycles. The SMILES string of the molecule is CCN(CC1COc2ccccc2O1)C(=O)COc1cc2oc(=O)cc(C)c2cc1Cl. The van der Waals surface area contributed by atoms with E-state index in [2.05, 4.69) is 0 Å². The summed E-state index contributed by atoms with van der Waals surface area (Å²) in [5.74, 6) is 1.42. The Morgan fingerprint density at radius 1 is 1.23 bits per heavy atom. The number of hydrogen-bond donors (Lipinski definition) is 0. The largest absolute Gasteiger partial charge is 0.486 e. The van der Waals surface area contributed by atoms with Gasteiger partial charge in [-0.3, -0.25) is 4.79 Å². The molecule has 8 heteroatoms. The molecule has 1 aliphatic heterocycles. The highest BCUT2D eigenvalue weighted by Gasteiger charge is 2.25. The lowest BCUT2D eigenvalue weighted by molar-refractivity contribution is -0.134. The van der Waals surface area contributed by atoms with Crippen LogP contribution in [0, 0.1) is 6.92 Å². The first-order chi connectivity index (χ1) is 14.9. The van der Waals surface area contributed by atoms with Gasteiger partial charge in [-0.1, -0.05) is 23.7 Å². The number of aryl methyl sites for hydroxylation is 1. The standard InChI is InChI=1S/C23H22ClNO6/c1-3-25(11-15-12-28-18-6-4-5-7-19(18)30-15)22(26)13-29-21-10-20-16(9-17(21)24)14(2)8-23(27)31-20/h4-10,15H,3,11-13H2,1-2H3. The maximum absolute atomic E-state index is 12.7. The van der Waals surface area contributed by atoms with Gasteiger partial charge in [0.05, 0.1) is 11.6 Å². The summed E-state index contributed by atoms with van der Waals surface area (Å²) in [5.41, 5.74) is 0.655. The van der Waals surface area contributed by atoms with Gasteiger partial charge in [-0.2, -0.15) is 0 Å². The molecular formula is C23H22ClNO6. The van der Waals surface area contributed by atoms with Crippen LogP contribution in [0.2, 0.25) is 5.02 Å². The molecule has 0 bridgehead atoms. The Balaban J connectivity index is 1.41. The van der Waals surface area contributed by atoms with Crippen molar-refractivity contribution in [2.45, 2.75) is 20.0 Å². The maximum Gasteiger partial charge on any atom is 0.336 e. The number of carbonyl (C=O) groups excluding carboxylic acids is 1. The molecule has 4 rings (SSSR count). The number of para-hydroxylation sites is 2. The summed E-state index contributed by atoms with van der Waals surface area (Å²) in [6.45, 7) is 4.69. The highest BCUT2D eigenvalue weighted by molar-refractivity contribution is 6.32. The number of halogens is 1. The van der Waals surface area contributed by atoms with E-state index >= 15 is 0 Å². The van der Waals surface area contributed by atoms with Gasteiger partial charge in [0.25, 0.3) is 5.91 Å². The van der Waals surface area contributed by atoms with Gasteiger partial charge in [0.2, 0.25) is 0 Å². The topological polar surface area (TPSA) is 78.2 Å². The molecule has 1 amide bonds. The number of amides is 1. The first-order valence-corrected chi connectivity index (χ1v) is 10.4. The molecule has 0 spiro atoms. The second-order valence-electron chi connectivity index (χ2n) is 7.25. The smallest absolute Gasteiger partial charge is 0.336 e. The molecule has 2 heterocycles. The molecule has 0 fully saturated rings. The molecule has 0 aliphatic carbocycles. The molecule has 3 aromatic rings. The lowest BCUT2D eigenvalue weighted by atomic mass is 10.1. The summed E-state index contributed by atoms with van der Waals surface area (Å²) in [7, 11) is 0. The summed E-state index contributed by atoms with van der Waals surface area (Å²) in [6, 6.07) is 12.0. The molecule has 0 saturated carbocycles. The average Bonchev–Trinajstić information content (AvgIpc) is 2.76. The van der Waals surface area contributed by atoms with E-state index in [1.165, 1.54) is 12.1 Å². The third kappa shape index (κ3) is 4.61. The van der Waals surface area contributed by atoms with E-state index in [9.17, 15) is 9.59 Å². The van der Waals surface area contributed by atoms with Gasteiger partial charge >= 0.3 is 5.63 Å². The first-order valence-electron chi connectivity index (χ1n) is 9.97. The van der Waals surface area contributed by atoms with Crippen molar-refractivity contribution in [1.29, 1.82) is 0 Å². The van der Waals surface area contributed by atoms with Crippen molar-refractivity contribution in [1.82, 2.24) is 4.90 Å². The third-order valence-corrected chi connectivity index (χ3v) is 5.38. The highest BCUT2D eigenvalue weighted by Crippen LogP contribution is 2.32. The second kappa shape index (κ2) is 8.89. The number of likely N-dealkylation sites (N-methyl/N-ethyl adjacent to an activating group) is 1. The lowest BCUT2D eigenvalue weighted by Crippen LogP contribution is -2.45. The molecule has 31 heavy (non-hydrogen) atoms. The molecule has 0 radical (unpaired) electrons. The minimum absolute atomic E-state index is 0.209. The van der Waals surface area contributed by atoms with Crippen molar-refractivity contribution in [3.8, 4) is 17.2 Å². The minimum atomic E-state index is -0.456. The molecule has 1 atom stereocenters. The summed E-state index contributed by atoms with van der Waals surface area (Å²) in [6.07, 6.45) is -0.277. The maximum atomic E-state index is 12.7. The highest BCUT2D eigenvalue weighted by atomic mass is 35.5. The zero-order valence-corrected chi connectivity index (χ0v) is 18.0. The van der Waals surface area contributed by atoms with E-state index in [1.807, 2.05) is 31.2 Å². The van der Waals surface area contributed by atoms with Crippen molar-refractivity contribution in [2.75, 3.05) is 26.3 Å². The lowest BCUT2D eigenvalue weighted by Gasteiger charge is -2.30. The van der Waals surface area contributed by atoms with Crippen LogP contribution in [0.5, 0.6) is 17.2 Å². The van der Waals surface area contributed by atoms with E-state index in [0.717, 1.165) is 5.56 Å². The van der Waals surface area contributed by atoms with Crippen LogP contribution >= 0.6 is 11.6 Å². The predicted molar refractivity (Wildman–Crippen MR) is 116 cm³/mol. The molecule has 0 N–H and O–H groups in total. The number of fused-ring (bicyclic) bond motifs is 2. The summed E-state index contributed by atoms with van der Waals surface area (Å²) in [4.78, 5) is 26.0. The number of hydrogen-bond acceptors (Lipinski definition) is 6. The normalized spacial score (nSPS) is 15.0. The van der Waals surface area contributed by atoms with E-state index in [1.54, 1.807) is 17.9 Å². The van der Waals surface area contributed by atoms with E-state index < -0.39 is 5.63 Å². The quantitative estimate of drug-likeness (QED) is 0.539. The number of rotatable bonds is 6. The molecule has 1 unspecified atom stereocenters. The van der Waals surface area contributed by atoms with E-state index in [0.29, 0.717) is 47.2 Å². The summed E-state index contributed by atoms with van der Waals surface area (Å²) in [5, 5.41) is 1.05. The van der Waals surface area contributed by atoms with Crippen LogP contribution in [0.25, 0.3) is 11.0 Å². The second-order valence-corrected chi connectivity index (χ2v) is 7.65. The van der Waals surface area contributed by atoms with Gasteiger partial charge in [-0.25, -0.2) is 4.79 Å². The van der Waals surface area contributed by atoms with Gasteiger partial charge in [-0.05, 0) is 37.6 Å². The molecule has 162 valence electrons. The summed E-state index contributed by atoms with van der Waals surface area (Å²) < 4.78 is 22.5. The Labute approximate surface area is 184 Å². The average molecular weight is 444 g/mol. The number of nitrogens with zero attached hydrogens (tertiary/aromatic N) is 1. The predicted octanol–water partition coefficient (Wildman–Crippen LogP) is 3.82. The molecule has 2 aromatic carbocycles.